The second-order valence-corrected chi connectivity index (χ2v) is 8.57. The molecule has 24 heavy (non-hydrogen) atoms. The van der Waals surface area contributed by atoms with Crippen molar-refractivity contribution in [2.75, 3.05) is 12.4 Å². The smallest absolute Gasteiger partial charge is 0.329 e. The predicted octanol–water partition coefficient (Wildman–Crippen LogP) is 3.48. The molecule has 3 aliphatic rings. The topological polar surface area (TPSA) is 50.4 Å². The molecule has 0 fully saturated rings. The van der Waals surface area contributed by atoms with Crippen LogP contribution < -0.4 is 10.6 Å². The highest BCUT2D eigenvalue weighted by Crippen LogP contribution is 2.44. The van der Waals surface area contributed by atoms with E-state index in [1.165, 1.54) is 16.3 Å². The van der Waals surface area contributed by atoms with Crippen LogP contribution in [0.3, 0.4) is 0 Å². The minimum absolute atomic E-state index is 0.135. The number of carbonyl (C=O) groups excluding carboxylic acids is 1. The molecular formula is C19H28N2O2S. The van der Waals surface area contributed by atoms with Gasteiger partial charge in [0.25, 0.3) is 0 Å². The number of rotatable bonds is 4. The van der Waals surface area contributed by atoms with Crippen LogP contribution in [0.1, 0.15) is 46.5 Å². The summed E-state index contributed by atoms with van der Waals surface area (Å²) in [5, 5.41) is 7.23. The lowest BCUT2D eigenvalue weighted by molar-refractivity contribution is -0.144. The fraction of sp³-hybridized carbons (Fsp3) is 0.632. The lowest BCUT2D eigenvalue weighted by atomic mass is 9.76. The van der Waals surface area contributed by atoms with Crippen molar-refractivity contribution in [2.24, 2.45) is 5.41 Å². The van der Waals surface area contributed by atoms with Gasteiger partial charge in [0, 0.05) is 22.1 Å². The Balaban J connectivity index is 1.77. The Morgan fingerprint density at radius 1 is 1.50 bits per heavy atom. The zero-order valence-corrected chi connectivity index (χ0v) is 15.7. The Hall–Kier alpha value is -1.36. The Bertz CT molecular complexity index is 592. The van der Waals surface area contributed by atoms with Crippen LogP contribution >= 0.6 is 11.8 Å². The van der Waals surface area contributed by atoms with E-state index in [0.717, 1.165) is 31.4 Å². The van der Waals surface area contributed by atoms with Gasteiger partial charge in [0.2, 0.25) is 0 Å². The van der Waals surface area contributed by atoms with Crippen LogP contribution in [0, 0.1) is 5.41 Å². The molecule has 0 aromatic carbocycles. The summed E-state index contributed by atoms with van der Waals surface area (Å²) in [4.78, 5) is 13.5. The van der Waals surface area contributed by atoms with Crippen LogP contribution in [0.4, 0.5) is 0 Å². The average molecular weight is 349 g/mol. The number of nitrogens with one attached hydrogen (secondary N) is 2. The Morgan fingerprint density at radius 2 is 2.33 bits per heavy atom. The van der Waals surface area contributed by atoms with Crippen molar-refractivity contribution in [3.63, 3.8) is 0 Å². The number of hydrogen-bond acceptors (Lipinski definition) is 5. The van der Waals surface area contributed by atoms with Gasteiger partial charge in [-0.05, 0) is 44.1 Å². The minimum Gasteiger partial charge on any atom is -0.464 e. The first-order valence-corrected chi connectivity index (χ1v) is 9.88. The highest BCUT2D eigenvalue weighted by molar-refractivity contribution is 8.03. The van der Waals surface area contributed by atoms with Crippen molar-refractivity contribution in [1.82, 2.24) is 10.6 Å². The summed E-state index contributed by atoms with van der Waals surface area (Å²) < 4.78 is 5.19. The van der Waals surface area contributed by atoms with Gasteiger partial charge < -0.3 is 15.4 Å². The molecule has 1 aliphatic heterocycles. The van der Waals surface area contributed by atoms with Gasteiger partial charge in [-0.1, -0.05) is 26.0 Å². The summed E-state index contributed by atoms with van der Waals surface area (Å²) >= 11 is 1.82. The monoisotopic (exact) mass is 348 g/mol. The molecule has 0 aromatic heterocycles. The van der Waals surface area contributed by atoms with Crippen LogP contribution in [0.2, 0.25) is 0 Å². The molecule has 2 N–H and O–H groups in total. The second-order valence-electron chi connectivity index (χ2n) is 7.50. The Labute approximate surface area is 149 Å². The molecule has 2 unspecified atom stereocenters. The third-order valence-corrected chi connectivity index (χ3v) is 6.07. The van der Waals surface area contributed by atoms with Crippen LogP contribution in [-0.2, 0) is 9.53 Å². The number of ether oxygens (including phenoxy) is 1. The van der Waals surface area contributed by atoms with Crippen molar-refractivity contribution >= 4 is 17.7 Å². The van der Waals surface area contributed by atoms with Gasteiger partial charge in [0.15, 0.2) is 0 Å². The lowest BCUT2D eigenvalue weighted by Crippen LogP contribution is -2.48. The molecule has 0 radical (unpaired) electrons. The SMILES string of the molecule is CCOC(=O)C1CSC2=C(CC(C)(C)CC2NC2=CC=CCC2)N1. The van der Waals surface area contributed by atoms with Gasteiger partial charge >= 0.3 is 5.97 Å². The van der Waals surface area contributed by atoms with E-state index < -0.39 is 0 Å². The van der Waals surface area contributed by atoms with Crippen molar-refractivity contribution < 1.29 is 9.53 Å². The van der Waals surface area contributed by atoms with E-state index in [-0.39, 0.29) is 17.4 Å². The molecule has 0 bridgehead atoms. The lowest BCUT2D eigenvalue weighted by Gasteiger charge is -2.43. The van der Waals surface area contributed by atoms with E-state index in [4.69, 9.17) is 4.74 Å². The van der Waals surface area contributed by atoms with Gasteiger partial charge in [-0.3, -0.25) is 0 Å². The quantitative estimate of drug-likeness (QED) is 0.762. The number of carbonyl (C=O) groups is 1. The average Bonchev–Trinajstić information content (AvgIpc) is 2.54. The highest BCUT2D eigenvalue weighted by atomic mass is 32.2. The van der Waals surface area contributed by atoms with Crippen LogP contribution in [0.5, 0.6) is 0 Å². The summed E-state index contributed by atoms with van der Waals surface area (Å²) in [5.41, 5.74) is 2.76. The Kier molecular flexibility index (Phi) is 5.28. The van der Waals surface area contributed by atoms with E-state index in [2.05, 4.69) is 42.7 Å². The molecule has 132 valence electrons. The fourth-order valence-electron chi connectivity index (χ4n) is 3.66. The number of allylic oxidation sites excluding steroid dienone is 5. The van der Waals surface area contributed by atoms with E-state index >= 15 is 0 Å². The molecular weight excluding hydrogens is 320 g/mol. The van der Waals surface area contributed by atoms with Gasteiger partial charge in [-0.2, -0.15) is 0 Å². The maximum absolute atomic E-state index is 12.1. The molecule has 0 spiro atoms. The van der Waals surface area contributed by atoms with Crippen molar-refractivity contribution in [3.8, 4) is 0 Å². The normalized spacial score (nSPS) is 28.5. The summed E-state index contributed by atoms with van der Waals surface area (Å²) in [6, 6.07) is 0.113. The zero-order valence-electron chi connectivity index (χ0n) is 14.9. The number of thioether (sulfide) groups is 1. The summed E-state index contributed by atoms with van der Waals surface area (Å²) in [6.07, 6.45) is 10.8. The first-order valence-electron chi connectivity index (χ1n) is 8.90. The van der Waals surface area contributed by atoms with E-state index in [1.807, 2.05) is 18.7 Å². The first kappa shape index (κ1) is 17.5. The van der Waals surface area contributed by atoms with Crippen molar-refractivity contribution in [2.45, 2.75) is 58.5 Å². The van der Waals surface area contributed by atoms with Gasteiger partial charge in [-0.25, -0.2) is 4.79 Å². The first-order chi connectivity index (χ1) is 11.5. The van der Waals surface area contributed by atoms with E-state index in [1.54, 1.807) is 0 Å². The molecule has 5 heteroatoms. The minimum atomic E-state index is -0.222. The number of esters is 1. The third kappa shape index (κ3) is 4.00. The largest absolute Gasteiger partial charge is 0.464 e. The maximum atomic E-state index is 12.1. The summed E-state index contributed by atoms with van der Waals surface area (Å²) in [5.74, 6) is 0.611. The standard InChI is InChI=1S/C19H28N2O2S/c1-4-23-18(22)16-12-24-17-14(20-13-8-6-5-7-9-13)10-19(2,3)11-15(17)21-16/h5-6,8,14,16,20-21H,4,7,9-12H2,1-3H3. The van der Waals surface area contributed by atoms with Crippen LogP contribution in [-0.4, -0.2) is 30.4 Å². The molecule has 1 heterocycles. The Morgan fingerprint density at radius 3 is 3.04 bits per heavy atom. The van der Waals surface area contributed by atoms with Gasteiger partial charge in [0.1, 0.15) is 6.04 Å². The van der Waals surface area contributed by atoms with E-state index in [9.17, 15) is 4.79 Å². The molecule has 0 saturated heterocycles. The maximum Gasteiger partial charge on any atom is 0.329 e. The fourth-order valence-corrected chi connectivity index (χ4v) is 4.88. The summed E-state index contributed by atoms with van der Waals surface area (Å²) in [7, 11) is 0. The van der Waals surface area contributed by atoms with Gasteiger partial charge in [-0.15, -0.1) is 11.8 Å². The third-order valence-electron chi connectivity index (χ3n) is 4.72. The molecule has 0 amide bonds. The highest BCUT2D eigenvalue weighted by Gasteiger charge is 2.39. The molecule has 4 nitrogen and oxygen atoms in total. The molecule has 2 aliphatic carbocycles. The second kappa shape index (κ2) is 7.26. The van der Waals surface area contributed by atoms with Crippen molar-refractivity contribution in [1.29, 1.82) is 0 Å². The predicted molar refractivity (Wildman–Crippen MR) is 99.4 cm³/mol. The zero-order chi connectivity index (χ0) is 17.2. The number of hydrogen-bond donors (Lipinski definition) is 2. The summed E-state index contributed by atoms with van der Waals surface area (Å²) in [6.45, 7) is 6.90. The molecule has 2 atom stereocenters. The van der Waals surface area contributed by atoms with E-state index in [0.29, 0.717) is 12.6 Å². The molecule has 3 rings (SSSR count). The van der Waals surface area contributed by atoms with Gasteiger partial charge in [0.05, 0.1) is 12.6 Å². The van der Waals surface area contributed by atoms with Crippen LogP contribution in [0.15, 0.2) is 34.5 Å². The molecule has 0 saturated carbocycles. The van der Waals surface area contributed by atoms with Crippen molar-refractivity contribution in [3.05, 3.63) is 34.5 Å². The van der Waals surface area contributed by atoms with Crippen LogP contribution in [0.25, 0.3) is 0 Å². The molecule has 0 aromatic rings.